The molecule has 0 saturated carbocycles. The molecule has 0 N–H and O–H groups in total. The number of aromatic nitrogens is 2. The Morgan fingerprint density at radius 2 is 1.78 bits per heavy atom. The van der Waals surface area contributed by atoms with Gasteiger partial charge < -0.3 is 13.7 Å². The highest BCUT2D eigenvalue weighted by atomic mass is 79.9. The Hall–Kier alpha value is -2.70. The summed E-state index contributed by atoms with van der Waals surface area (Å²) in [5, 5.41) is 4.02. The predicted octanol–water partition coefficient (Wildman–Crippen LogP) is 3.71. The Labute approximate surface area is 200 Å². The maximum absolute atomic E-state index is 13.0. The highest BCUT2D eigenvalue weighted by molar-refractivity contribution is 9.10. The average molecular weight is 588 g/mol. The lowest BCUT2D eigenvalue weighted by Crippen LogP contribution is -2.26. The van der Waals surface area contributed by atoms with Crippen LogP contribution in [0.1, 0.15) is 17.4 Å². The van der Waals surface area contributed by atoms with Gasteiger partial charge >= 0.3 is 16.1 Å². The van der Waals surface area contributed by atoms with Crippen LogP contribution in [0.3, 0.4) is 0 Å². The molecule has 0 bridgehead atoms. The second-order valence-corrected chi connectivity index (χ2v) is 9.49. The van der Waals surface area contributed by atoms with Gasteiger partial charge in [-0.25, -0.2) is 4.79 Å². The molecule has 0 spiro atoms. The minimum absolute atomic E-state index is 0.00215. The van der Waals surface area contributed by atoms with Crippen LogP contribution in [0, 0.1) is 0 Å². The number of carbonyl (C=O) groups is 1. The van der Waals surface area contributed by atoms with Crippen molar-refractivity contribution in [3.8, 4) is 17.2 Å². The van der Waals surface area contributed by atoms with Gasteiger partial charge in [0.15, 0.2) is 5.75 Å². The maximum Gasteiger partial charge on any atom is 0.362 e. The number of nitrogens with zero attached hydrogens (tertiary/aromatic N) is 2. The zero-order valence-corrected chi connectivity index (χ0v) is 20.7. The van der Waals surface area contributed by atoms with Crippen LogP contribution >= 0.6 is 31.9 Å². The molecule has 168 valence electrons. The van der Waals surface area contributed by atoms with E-state index in [9.17, 15) is 18.0 Å². The first-order valence-electron chi connectivity index (χ1n) is 9.01. The summed E-state index contributed by atoms with van der Waals surface area (Å²) in [4.78, 5) is 24.9. The Morgan fingerprint density at radius 3 is 2.44 bits per heavy atom. The van der Waals surface area contributed by atoms with Gasteiger partial charge in [0, 0.05) is 8.95 Å². The van der Waals surface area contributed by atoms with Gasteiger partial charge in [-0.05, 0) is 43.3 Å². The summed E-state index contributed by atoms with van der Waals surface area (Å²) >= 11 is 6.50. The molecular formula is C20H16Br2N2O7S. The summed E-state index contributed by atoms with van der Waals surface area (Å²) < 4.78 is 43.2. The SMILES string of the molecule is CCOC(=O)c1nn(-c2cccc(Br)c2)c(=O)cc1OS(=O)(=O)c1cc(Br)ccc1OC. The standard InChI is InChI=1S/C20H16Br2N2O7S/c1-3-30-20(26)19-16(11-18(25)24(23-19)14-6-4-5-12(21)9-14)31-32(27,28)17-10-13(22)7-8-15(17)29-2/h4-11H,3H2,1-2H3. The van der Waals surface area contributed by atoms with Crippen LogP contribution in [0.5, 0.6) is 11.5 Å². The van der Waals surface area contributed by atoms with E-state index >= 15 is 0 Å². The molecule has 0 aliphatic heterocycles. The minimum Gasteiger partial charge on any atom is -0.495 e. The molecule has 3 aromatic rings. The summed E-state index contributed by atoms with van der Waals surface area (Å²) in [5.41, 5.74) is -0.857. The fraction of sp³-hybridized carbons (Fsp3) is 0.150. The smallest absolute Gasteiger partial charge is 0.362 e. The Kier molecular flexibility index (Phi) is 7.36. The third-order valence-corrected chi connectivity index (χ3v) is 6.26. The van der Waals surface area contributed by atoms with Gasteiger partial charge in [-0.2, -0.15) is 18.2 Å². The van der Waals surface area contributed by atoms with Crippen molar-refractivity contribution in [1.29, 1.82) is 0 Å². The van der Waals surface area contributed by atoms with Crippen LogP contribution in [0.15, 0.2) is 67.2 Å². The third-order valence-electron chi connectivity index (χ3n) is 4.01. The number of carbonyl (C=O) groups excluding carboxylic acids is 1. The van der Waals surface area contributed by atoms with Crippen molar-refractivity contribution in [3.05, 3.63) is 73.5 Å². The summed E-state index contributed by atoms with van der Waals surface area (Å²) in [5.74, 6) is -1.51. The maximum atomic E-state index is 13.0. The van der Waals surface area contributed by atoms with Crippen LogP contribution in [0.4, 0.5) is 0 Å². The quantitative estimate of drug-likeness (QED) is 0.304. The summed E-state index contributed by atoms with van der Waals surface area (Å²) in [6.45, 7) is 1.58. The Morgan fingerprint density at radius 1 is 1.06 bits per heavy atom. The van der Waals surface area contributed by atoms with E-state index in [2.05, 4.69) is 37.0 Å². The molecular weight excluding hydrogens is 572 g/mol. The van der Waals surface area contributed by atoms with Crippen molar-refractivity contribution in [2.45, 2.75) is 11.8 Å². The summed E-state index contributed by atoms with van der Waals surface area (Å²) in [6, 6.07) is 11.8. The number of rotatable bonds is 7. The van der Waals surface area contributed by atoms with E-state index in [0.29, 0.717) is 14.6 Å². The fourth-order valence-electron chi connectivity index (χ4n) is 2.65. The number of ether oxygens (including phenoxy) is 2. The van der Waals surface area contributed by atoms with E-state index in [4.69, 9.17) is 13.7 Å². The van der Waals surface area contributed by atoms with Crippen LogP contribution < -0.4 is 14.5 Å². The lowest BCUT2D eigenvalue weighted by Gasteiger charge is -2.14. The zero-order chi connectivity index (χ0) is 23.5. The predicted molar refractivity (Wildman–Crippen MR) is 122 cm³/mol. The van der Waals surface area contributed by atoms with E-state index in [1.165, 1.54) is 19.2 Å². The van der Waals surface area contributed by atoms with Crippen molar-refractivity contribution in [2.75, 3.05) is 13.7 Å². The zero-order valence-electron chi connectivity index (χ0n) is 16.7. The highest BCUT2D eigenvalue weighted by Gasteiger charge is 2.28. The summed E-state index contributed by atoms with van der Waals surface area (Å²) in [7, 11) is -3.21. The second kappa shape index (κ2) is 9.84. The van der Waals surface area contributed by atoms with Gasteiger partial charge in [0.1, 0.15) is 10.6 Å². The second-order valence-electron chi connectivity index (χ2n) is 6.14. The number of methoxy groups -OCH3 is 1. The van der Waals surface area contributed by atoms with E-state index in [-0.39, 0.29) is 17.3 Å². The number of hydrogen-bond donors (Lipinski definition) is 0. The number of benzene rings is 2. The van der Waals surface area contributed by atoms with Gasteiger partial charge in [0.05, 0.1) is 25.5 Å². The molecule has 2 aromatic carbocycles. The molecule has 0 fully saturated rings. The molecule has 0 unspecified atom stereocenters. The number of esters is 1. The van der Waals surface area contributed by atoms with E-state index < -0.39 is 33.1 Å². The monoisotopic (exact) mass is 586 g/mol. The van der Waals surface area contributed by atoms with E-state index in [1.807, 2.05) is 0 Å². The topological polar surface area (TPSA) is 114 Å². The molecule has 1 aromatic heterocycles. The molecule has 12 heteroatoms. The van der Waals surface area contributed by atoms with Crippen LogP contribution in [0.2, 0.25) is 0 Å². The first-order chi connectivity index (χ1) is 15.2. The molecule has 0 aliphatic rings. The van der Waals surface area contributed by atoms with Gasteiger partial charge in [0.25, 0.3) is 5.56 Å². The fourth-order valence-corrected chi connectivity index (χ4v) is 4.67. The molecule has 32 heavy (non-hydrogen) atoms. The first-order valence-corrected chi connectivity index (χ1v) is 12.0. The lowest BCUT2D eigenvalue weighted by atomic mass is 10.3. The third kappa shape index (κ3) is 5.19. The van der Waals surface area contributed by atoms with Crippen molar-refractivity contribution < 1.29 is 26.9 Å². The van der Waals surface area contributed by atoms with Crippen LogP contribution in [0.25, 0.3) is 5.69 Å². The normalized spacial score (nSPS) is 11.1. The largest absolute Gasteiger partial charge is 0.495 e. The number of hydrogen-bond acceptors (Lipinski definition) is 8. The molecule has 0 saturated heterocycles. The van der Waals surface area contributed by atoms with Gasteiger partial charge in [-0.3, -0.25) is 4.79 Å². The van der Waals surface area contributed by atoms with E-state index in [0.717, 1.165) is 10.7 Å². The molecule has 0 radical (unpaired) electrons. The molecule has 0 atom stereocenters. The van der Waals surface area contributed by atoms with Crippen LogP contribution in [-0.2, 0) is 14.9 Å². The Balaban J connectivity index is 2.16. The molecule has 0 amide bonds. The first kappa shape index (κ1) is 24.0. The van der Waals surface area contributed by atoms with Gasteiger partial charge in [-0.1, -0.05) is 37.9 Å². The summed E-state index contributed by atoms with van der Waals surface area (Å²) in [6.07, 6.45) is 0. The van der Waals surface area contributed by atoms with Crippen molar-refractivity contribution >= 4 is 47.9 Å². The lowest BCUT2D eigenvalue weighted by molar-refractivity contribution is 0.0515. The molecule has 9 nitrogen and oxygen atoms in total. The van der Waals surface area contributed by atoms with Crippen LogP contribution in [-0.4, -0.2) is 37.9 Å². The molecule has 0 aliphatic carbocycles. The Bertz CT molecular complexity index is 1340. The van der Waals surface area contributed by atoms with E-state index in [1.54, 1.807) is 37.3 Å². The van der Waals surface area contributed by atoms with Crippen molar-refractivity contribution in [3.63, 3.8) is 0 Å². The molecule has 3 rings (SSSR count). The van der Waals surface area contributed by atoms with Crippen molar-refractivity contribution in [2.24, 2.45) is 0 Å². The average Bonchev–Trinajstić information content (AvgIpc) is 2.73. The molecule has 1 heterocycles. The van der Waals surface area contributed by atoms with Gasteiger partial charge in [-0.15, -0.1) is 0 Å². The number of halogens is 2. The van der Waals surface area contributed by atoms with Crippen molar-refractivity contribution in [1.82, 2.24) is 9.78 Å². The van der Waals surface area contributed by atoms with Gasteiger partial charge in [0.2, 0.25) is 5.69 Å². The highest BCUT2D eigenvalue weighted by Crippen LogP contribution is 2.30. The minimum atomic E-state index is -4.51.